The van der Waals surface area contributed by atoms with Gasteiger partial charge in [0.2, 0.25) is 0 Å². The van der Waals surface area contributed by atoms with E-state index in [9.17, 15) is 9.90 Å². The van der Waals surface area contributed by atoms with Crippen molar-refractivity contribution in [2.45, 2.75) is 12.5 Å². The number of methoxy groups -OCH3 is 1. The van der Waals surface area contributed by atoms with Crippen molar-refractivity contribution in [3.63, 3.8) is 0 Å². The summed E-state index contributed by atoms with van der Waals surface area (Å²) >= 11 is 0. The predicted molar refractivity (Wildman–Crippen MR) is 90.8 cm³/mol. The topological polar surface area (TPSA) is 71.9 Å². The molecule has 3 heterocycles. The number of carboxylic acid groups (broad SMARTS) is 1. The summed E-state index contributed by atoms with van der Waals surface area (Å²) in [4.78, 5) is 18.4. The molecule has 2 aromatic rings. The lowest BCUT2D eigenvalue weighted by atomic mass is 9.73. The van der Waals surface area contributed by atoms with Crippen LogP contribution in [0, 0.1) is 5.41 Å². The minimum atomic E-state index is -0.908. The number of carbonyl (C=O) groups is 1. The van der Waals surface area contributed by atoms with Crippen LogP contribution in [0.3, 0.4) is 0 Å². The minimum absolute atomic E-state index is 0.0958. The van der Waals surface area contributed by atoms with Gasteiger partial charge in [0.15, 0.2) is 0 Å². The van der Waals surface area contributed by atoms with Crippen LogP contribution >= 0.6 is 0 Å². The van der Waals surface area contributed by atoms with E-state index in [0.29, 0.717) is 25.4 Å². The quantitative estimate of drug-likeness (QED) is 0.919. The van der Waals surface area contributed by atoms with Gasteiger partial charge in [-0.15, -0.1) is 0 Å². The van der Waals surface area contributed by atoms with Gasteiger partial charge in [0.05, 0.1) is 7.11 Å². The van der Waals surface area contributed by atoms with Crippen LogP contribution in [0.15, 0.2) is 42.7 Å². The van der Waals surface area contributed by atoms with E-state index in [0.717, 1.165) is 16.9 Å². The molecule has 25 heavy (non-hydrogen) atoms. The number of aromatic nitrogens is 1. The van der Waals surface area contributed by atoms with Crippen LogP contribution in [0.5, 0.6) is 11.5 Å². The maximum atomic E-state index is 12.1. The number of likely N-dealkylation sites (tertiary alicyclic amines) is 1. The van der Waals surface area contributed by atoms with Gasteiger partial charge in [0.25, 0.3) is 0 Å². The maximum Gasteiger partial charge on any atom is 0.315 e. The van der Waals surface area contributed by atoms with E-state index < -0.39 is 11.4 Å². The normalized spacial score (nSPS) is 24.9. The SMILES string of the molecule is COc1ccc2c(c1)OC[C@]1(C(=O)O)CN(Cc3ccncc3)C[C@H]21. The van der Waals surface area contributed by atoms with Crippen LogP contribution in [0.4, 0.5) is 0 Å². The van der Waals surface area contributed by atoms with Gasteiger partial charge in [0, 0.05) is 49.6 Å². The first-order chi connectivity index (χ1) is 12.1. The summed E-state index contributed by atoms with van der Waals surface area (Å²) in [5.74, 6) is 0.554. The summed E-state index contributed by atoms with van der Waals surface area (Å²) < 4.78 is 11.1. The number of benzene rings is 1. The van der Waals surface area contributed by atoms with Crippen molar-refractivity contribution in [1.29, 1.82) is 0 Å². The molecule has 0 spiro atoms. The third kappa shape index (κ3) is 2.62. The maximum absolute atomic E-state index is 12.1. The van der Waals surface area contributed by atoms with E-state index in [1.165, 1.54) is 0 Å². The Morgan fingerprint density at radius 1 is 1.40 bits per heavy atom. The van der Waals surface area contributed by atoms with Crippen molar-refractivity contribution in [3.8, 4) is 11.5 Å². The number of aliphatic carboxylic acids is 1. The third-order valence-electron chi connectivity index (χ3n) is 5.28. The fourth-order valence-electron chi connectivity index (χ4n) is 3.96. The minimum Gasteiger partial charge on any atom is -0.497 e. The number of rotatable bonds is 4. The van der Waals surface area contributed by atoms with Crippen molar-refractivity contribution >= 4 is 5.97 Å². The summed E-state index contributed by atoms with van der Waals surface area (Å²) in [6, 6.07) is 9.57. The largest absolute Gasteiger partial charge is 0.497 e. The number of ether oxygens (including phenoxy) is 2. The Kier molecular flexibility index (Phi) is 3.84. The van der Waals surface area contributed by atoms with Gasteiger partial charge in [-0.05, 0) is 23.8 Å². The van der Waals surface area contributed by atoms with Crippen molar-refractivity contribution in [2.75, 3.05) is 26.8 Å². The van der Waals surface area contributed by atoms with Crippen molar-refractivity contribution < 1.29 is 19.4 Å². The van der Waals surface area contributed by atoms with Crippen LogP contribution < -0.4 is 9.47 Å². The Balaban J connectivity index is 1.66. The first-order valence-corrected chi connectivity index (χ1v) is 8.28. The number of hydrogen-bond acceptors (Lipinski definition) is 5. The highest BCUT2D eigenvalue weighted by Gasteiger charge is 2.56. The molecule has 1 saturated heterocycles. The molecule has 2 aliphatic rings. The van der Waals surface area contributed by atoms with Gasteiger partial charge in [-0.2, -0.15) is 0 Å². The van der Waals surface area contributed by atoms with Gasteiger partial charge >= 0.3 is 5.97 Å². The molecule has 2 atom stereocenters. The molecule has 6 heteroatoms. The molecular weight excluding hydrogens is 320 g/mol. The Morgan fingerprint density at radius 3 is 2.92 bits per heavy atom. The van der Waals surface area contributed by atoms with Gasteiger partial charge in [-0.1, -0.05) is 6.07 Å². The van der Waals surface area contributed by atoms with Crippen molar-refractivity contribution in [2.24, 2.45) is 5.41 Å². The summed E-state index contributed by atoms with van der Waals surface area (Å²) in [5, 5.41) is 9.97. The van der Waals surface area contributed by atoms with Crippen LogP contribution in [0.1, 0.15) is 17.0 Å². The number of carboxylic acids is 1. The smallest absolute Gasteiger partial charge is 0.315 e. The molecule has 4 rings (SSSR count). The predicted octanol–water partition coefficient (Wildman–Crippen LogP) is 2.15. The number of hydrogen-bond donors (Lipinski definition) is 1. The molecule has 130 valence electrons. The van der Waals surface area contributed by atoms with Gasteiger partial charge in [-0.3, -0.25) is 14.7 Å². The first-order valence-electron chi connectivity index (χ1n) is 8.28. The zero-order valence-corrected chi connectivity index (χ0v) is 14.0. The lowest BCUT2D eigenvalue weighted by Crippen LogP contribution is -2.45. The van der Waals surface area contributed by atoms with E-state index in [-0.39, 0.29) is 12.5 Å². The van der Waals surface area contributed by atoms with Crippen LogP contribution in [-0.4, -0.2) is 47.8 Å². The zero-order chi connectivity index (χ0) is 17.4. The fraction of sp³-hybridized carbons (Fsp3) is 0.368. The molecule has 1 aromatic carbocycles. The van der Waals surface area contributed by atoms with Gasteiger partial charge in [0.1, 0.15) is 23.5 Å². The molecule has 1 N–H and O–H groups in total. The highest BCUT2D eigenvalue weighted by Crippen LogP contribution is 2.50. The Hall–Kier alpha value is -2.60. The molecule has 0 amide bonds. The van der Waals surface area contributed by atoms with Crippen LogP contribution in [0.25, 0.3) is 0 Å². The molecule has 1 aromatic heterocycles. The van der Waals surface area contributed by atoms with E-state index in [1.807, 2.05) is 30.3 Å². The second-order valence-corrected chi connectivity index (χ2v) is 6.73. The van der Waals surface area contributed by atoms with E-state index in [2.05, 4.69) is 9.88 Å². The second kappa shape index (κ2) is 6.04. The lowest BCUT2D eigenvalue weighted by molar-refractivity contribution is -0.151. The van der Waals surface area contributed by atoms with E-state index in [4.69, 9.17) is 9.47 Å². The number of nitrogens with zero attached hydrogens (tertiary/aromatic N) is 2. The van der Waals surface area contributed by atoms with E-state index >= 15 is 0 Å². The highest BCUT2D eigenvalue weighted by molar-refractivity contribution is 5.78. The molecule has 0 aliphatic carbocycles. The van der Waals surface area contributed by atoms with E-state index in [1.54, 1.807) is 19.5 Å². The van der Waals surface area contributed by atoms with Gasteiger partial charge in [-0.25, -0.2) is 0 Å². The fourth-order valence-corrected chi connectivity index (χ4v) is 3.96. The average Bonchev–Trinajstić information content (AvgIpc) is 3.02. The summed E-state index contributed by atoms with van der Waals surface area (Å²) in [5.41, 5.74) is 1.17. The number of pyridine rings is 1. The molecule has 1 fully saturated rings. The van der Waals surface area contributed by atoms with Gasteiger partial charge < -0.3 is 14.6 Å². The summed E-state index contributed by atoms with van der Waals surface area (Å²) in [6.07, 6.45) is 3.52. The van der Waals surface area contributed by atoms with Crippen molar-refractivity contribution in [3.05, 3.63) is 53.9 Å². The van der Waals surface area contributed by atoms with Crippen LogP contribution in [-0.2, 0) is 11.3 Å². The second-order valence-electron chi connectivity index (χ2n) is 6.73. The lowest BCUT2D eigenvalue weighted by Gasteiger charge is -2.36. The standard InChI is InChI=1S/C19H20N2O4/c1-24-14-2-3-15-16-10-21(9-13-4-6-20-7-5-13)11-19(16,18(22)23)12-25-17(15)8-14/h2-8,16H,9-12H2,1H3,(H,22,23)/t16-,19-/m1/s1. The molecule has 0 unspecified atom stereocenters. The van der Waals surface area contributed by atoms with Crippen LogP contribution in [0.2, 0.25) is 0 Å². The summed E-state index contributed by atoms with van der Waals surface area (Å²) in [7, 11) is 1.61. The zero-order valence-electron chi connectivity index (χ0n) is 14.0. The third-order valence-corrected chi connectivity index (χ3v) is 5.28. The Labute approximate surface area is 146 Å². The number of fused-ring (bicyclic) bond motifs is 3. The Bertz CT molecular complexity index is 795. The Morgan fingerprint density at radius 2 is 2.20 bits per heavy atom. The molecule has 0 bridgehead atoms. The average molecular weight is 340 g/mol. The first kappa shape index (κ1) is 15.9. The van der Waals surface area contributed by atoms with Crippen molar-refractivity contribution in [1.82, 2.24) is 9.88 Å². The molecule has 6 nitrogen and oxygen atoms in total. The molecule has 2 aliphatic heterocycles. The molecule has 0 radical (unpaired) electrons. The molecular formula is C19H20N2O4. The summed E-state index contributed by atoms with van der Waals surface area (Å²) in [6.45, 7) is 2.05. The molecule has 0 saturated carbocycles. The highest BCUT2D eigenvalue weighted by atomic mass is 16.5. The monoisotopic (exact) mass is 340 g/mol.